The molecule has 0 N–H and O–H groups in total. The van der Waals surface area contributed by atoms with Gasteiger partial charge in [-0.1, -0.05) is 29.8 Å². The number of hydrogen-bond donors (Lipinski definition) is 0. The predicted octanol–water partition coefficient (Wildman–Crippen LogP) is 3.30. The van der Waals surface area contributed by atoms with Crippen LogP contribution in [-0.2, 0) is 6.42 Å². The minimum atomic E-state index is 0.298. The molecule has 76 valence electrons. The maximum absolute atomic E-state index is 12.2. The Morgan fingerprint density at radius 1 is 1.00 bits per heavy atom. The predicted molar refractivity (Wildman–Crippen MR) is 60.0 cm³/mol. The van der Waals surface area contributed by atoms with Gasteiger partial charge in [0.2, 0.25) is 0 Å². The molecule has 1 aromatic carbocycles. The lowest BCUT2D eigenvalue weighted by atomic mass is 9.78. The van der Waals surface area contributed by atoms with Gasteiger partial charge >= 0.3 is 0 Å². The van der Waals surface area contributed by atoms with Crippen LogP contribution in [0.25, 0.3) is 0 Å². The zero-order valence-electron chi connectivity index (χ0n) is 8.75. The molecule has 0 aromatic heterocycles. The molecule has 1 nitrogen and oxygen atoms in total. The molecule has 2 aliphatic carbocycles. The van der Waals surface area contributed by atoms with Gasteiger partial charge in [-0.25, -0.2) is 0 Å². The summed E-state index contributed by atoms with van der Waals surface area (Å²) in [6, 6.07) is 8.05. The molecule has 0 heterocycles. The Hall–Kier alpha value is -1.37. The molecule has 0 unspecified atom stereocenters. The van der Waals surface area contributed by atoms with Gasteiger partial charge in [-0.2, -0.15) is 0 Å². The van der Waals surface area contributed by atoms with E-state index < -0.39 is 0 Å². The van der Waals surface area contributed by atoms with Crippen LogP contribution in [0.4, 0.5) is 0 Å². The van der Waals surface area contributed by atoms with Crippen molar-refractivity contribution in [2.45, 2.75) is 32.1 Å². The third-order valence-electron chi connectivity index (χ3n) is 3.52. The smallest absolute Gasteiger partial charge is 0.189 e. The van der Waals surface area contributed by atoms with Gasteiger partial charge in [0.25, 0.3) is 0 Å². The number of fused-ring (bicyclic) bond motifs is 1. The average Bonchev–Trinajstić information content (AvgIpc) is 2.30. The minimum absolute atomic E-state index is 0.298. The summed E-state index contributed by atoms with van der Waals surface area (Å²) >= 11 is 0. The van der Waals surface area contributed by atoms with Gasteiger partial charge in [-0.3, -0.25) is 4.79 Å². The van der Waals surface area contributed by atoms with Crippen LogP contribution in [-0.4, -0.2) is 5.78 Å². The van der Waals surface area contributed by atoms with Crippen molar-refractivity contribution in [3.05, 3.63) is 46.5 Å². The maximum atomic E-state index is 12.2. The van der Waals surface area contributed by atoms with Crippen molar-refractivity contribution in [3.8, 4) is 0 Å². The second-order valence-corrected chi connectivity index (χ2v) is 4.45. The molecule has 0 saturated carbocycles. The number of carbonyl (C=O) groups is 1. The van der Waals surface area contributed by atoms with Crippen molar-refractivity contribution in [2.24, 2.45) is 0 Å². The summed E-state index contributed by atoms with van der Waals surface area (Å²) in [5.74, 6) is 0.298. The van der Waals surface area contributed by atoms with E-state index in [0.717, 1.165) is 30.4 Å². The number of benzene rings is 1. The van der Waals surface area contributed by atoms with E-state index in [9.17, 15) is 4.79 Å². The van der Waals surface area contributed by atoms with Gasteiger partial charge in [0.05, 0.1) is 0 Å². The summed E-state index contributed by atoms with van der Waals surface area (Å²) in [5, 5.41) is 0. The largest absolute Gasteiger partial charge is 0.289 e. The fraction of sp³-hybridized carbons (Fsp3) is 0.357. The van der Waals surface area contributed by atoms with E-state index in [4.69, 9.17) is 0 Å². The van der Waals surface area contributed by atoms with Crippen LogP contribution < -0.4 is 0 Å². The summed E-state index contributed by atoms with van der Waals surface area (Å²) in [5.41, 5.74) is 4.70. The molecule has 0 fully saturated rings. The lowest BCUT2D eigenvalue weighted by molar-refractivity contribution is 0.102. The van der Waals surface area contributed by atoms with Crippen molar-refractivity contribution >= 4 is 5.78 Å². The van der Waals surface area contributed by atoms with E-state index >= 15 is 0 Å². The van der Waals surface area contributed by atoms with Gasteiger partial charge in [-0.05, 0) is 43.2 Å². The Balaban J connectivity index is 2.11. The Morgan fingerprint density at radius 3 is 2.73 bits per heavy atom. The summed E-state index contributed by atoms with van der Waals surface area (Å²) < 4.78 is 0. The Kier molecular flexibility index (Phi) is 1.98. The van der Waals surface area contributed by atoms with Crippen molar-refractivity contribution < 1.29 is 4.79 Å². The third-order valence-corrected chi connectivity index (χ3v) is 3.52. The number of allylic oxidation sites excluding steroid dienone is 2. The number of rotatable bonds is 0. The van der Waals surface area contributed by atoms with E-state index in [0.29, 0.717) is 5.78 Å². The van der Waals surface area contributed by atoms with Crippen molar-refractivity contribution in [1.82, 2.24) is 0 Å². The standard InChI is InChI=1S/C14H14O/c15-14-12-7-3-1-5-10(12)9-11-6-2-4-8-13(11)14/h1,3,5,7H,2,4,6,8-9H2. The minimum Gasteiger partial charge on any atom is -0.289 e. The molecule has 0 saturated heterocycles. The fourth-order valence-electron chi connectivity index (χ4n) is 2.73. The quantitative estimate of drug-likeness (QED) is 0.625. The Labute approximate surface area is 89.8 Å². The van der Waals surface area contributed by atoms with Gasteiger partial charge < -0.3 is 0 Å². The highest BCUT2D eigenvalue weighted by molar-refractivity contribution is 6.11. The highest BCUT2D eigenvalue weighted by Crippen LogP contribution is 2.34. The first-order chi connectivity index (χ1) is 7.36. The summed E-state index contributed by atoms with van der Waals surface area (Å²) in [4.78, 5) is 12.2. The molecule has 1 heteroatoms. The van der Waals surface area contributed by atoms with Gasteiger partial charge in [0.15, 0.2) is 5.78 Å². The molecule has 15 heavy (non-hydrogen) atoms. The van der Waals surface area contributed by atoms with E-state index in [1.165, 1.54) is 24.0 Å². The molecule has 0 spiro atoms. The zero-order valence-corrected chi connectivity index (χ0v) is 8.75. The topological polar surface area (TPSA) is 17.1 Å². The van der Waals surface area contributed by atoms with Gasteiger partial charge in [-0.15, -0.1) is 0 Å². The maximum Gasteiger partial charge on any atom is 0.189 e. The highest BCUT2D eigenvalue weighted by atomic mass is 16.1. The van der Waals surface area contributed by atoms with E-state index in [1.807, 2.05) is 18.2 Å². The molecule has 2 aliphatic rings. The SMILES string of the molecule is O=C1C2=C(CCCC2)Cc2ccccc21. The van der Waals surface area contributed by atoms with Crippen LogP contribution in [0.15, 0.2) is 35.4 Å². The second-order valence-electron chi connectivity index (χ2n) is 4.45. The molecule has 0 aliphatic heterocycles. The van der Waals surface area contributed by atoms with Crippen molar-refractivity contribution in [2.75, 3.05) is 0 Å². The van der Waals surface area contributed by atoms with Crippen molar-refractivity contribution in [1.29, 1.82) is 0 Å². The lowest BCUT2D eigenvalue weighted by Crippen LogP contribution is -2.18. The molecule has 0 radical (unpaired) electrons. The van der Waals surface area contributed by atoms with Gasteiger partial charge in [0, 0.05) is 5.56 Å². The van der Waals surface area contributed by atoms with Gasteiger partial charge in [0.1, 0.15) is 0 Å². The number of Topliss-reactive ketones (excluding diaryl/α,β-unsaturated/α-hetero) is 1. The highest BCUT2D eigenvalue weighted by Gasteiger charge is 2.26. The van der Waals surface area contributed by atoms with E-state index in [2.05, 4.69) is 6.07 Å². The van der Waals surface area contributed by atoms with Crippen LogP contribution in [0.1, 0.15) is 41.6 Å². The van der Waals surface area contributed by atoms with Crippen LogP contribution in [0, 0.1) is 0 Å². The summed E-state index contributed by atoms with van der Waals surface area (Å²) in [6.45, 7) is 0. The van der Waals surface area contributed by atoms with Crippen LogP contribution in [0.3, 0.4) is 0 Å². The number of carbonyl (C=O) groups excluding carboxylic acids is 1. The molecule has 3 rings (SSSR count). The average molecular weight is 198 g/mol. The first-order valence-corrected chi connectivity index (χ1v) is 5.70. The fourth-order valence-corrected chi connectivity index (χ4v) is 2.73. The van der Waals surface area contributed by atoms with Crippen LogP contribution in [0.2, 0.25) is 0 Å². The first kappa shape index (κ1) is 8.90. The van der Waals surface area contributed by atoms with Crippen LogP contribution in [0.5, 0.6) is 0 Å². The molecular weight excluding hydrogens is 184 g/mol. The molecule has 0 amide bonds. The third kappa shape index (κ3) is 1.34. The second kappa shape index (κ2) is 3.34. The Morgan fingerprint density at radius 2 is 1.80 bits per heavy atom. The molecular formula is C14H14O. The summed E-state index contributed by atoms with van der Waals surface area (Å²) in [7, 11) is 0. The van der Waals surface area contributed by atoms with Crippen LogP contribution >= 0.6 is 0 Å². The number of ketones is 1. The zero-order chi connectivity index (χ0) is 10.3. The lowest BCUT2D eigenvalue weighted by Gasteiger charge is -2.25. The monoisotopic (exact) mass is 198 g/mol. The normalized spacial score (nSPS) is 19.9. The Bertz CT molecular complexity index is 454. The van der Waals surface area contributed by atoms with E-state index in [1.54, 1.807) is 0 Å². The molecule has 0 atom stereocenters. The van der Waals surface area contributed by atoms with Crippen molar-refractivity contribution in [3.63, 3.8) is 0 Å². The molecule has 1 aromatic rings. The molecule has 0 bridgehead atoms. The van der Waals surface area contributed by atoms with E-state index in [-0.39, 0.29) is 0 Å². The number of hydrogen-bond acceptors (Lipinski definition) is 1. The summed E-state index contributed by atoms with van der Waals surface area (Å²) in [6.07, 6.45) is 5.59. The first-order valence-electron chi connectivity index (χ1n) is 5.70.